The maximum absolute atomic E-state index is 11.9. The minimum Gasteiger partial charge on any atom is -0.491 e. The SMILES string of the molecule is CNCC(=O)Nc1cccc(OCCF)c1.Cl. The van der Waals surface area contributed by atoms with Crippen LogP contribution < -0.4 is 15.4 Å². The number of nitrogens with one attached hydrogen (secondary N) is 2. The van der Waals surface area contributed by atoms with Gasteiger partial charge in [-0.15, -0.1) is 12.4 Å². The second kappa shape index (κ2) is 8.78. The van der Waals surface area contributed by atoms with Gasteiger partial charge in [0, 0.05) is 11.8 Å². The lowest BCUT2D eigenvalue weighted by molar-refractivity contribution is -0.115. The van der Waals surface area contributed by atoms with E-state index in [1.165, 1.54) is 0 Å². The molecule has 4 nitrogen and oxygen atoms in total. The number of amides is 1. The Labute approximate surface area is 106 Å². The van der Waals surface area contributed by atoms with Crippen LogP contribution in [0.4, 0.5) is 10.1 Å². The van der Waals surface area contributed by atoms with Crippen LogP contribution in [0, 0.1) is 0 Å². The van der Waals surface area contributed by atoms with Crippen LogP contribution in [0.25, 0.3) is 0 Å². The smallest absolute Gasteiger partial charge is 0.238 e. The molecule has 0 aromatic heterocycles. The van der Waals surface area contributed by atoms with Crippen LogP contribution in [-0.4, -0.2) is 32.8 Å². The summed E-state index contributed by atoms with van der Waals surface area (Å²) < 4.78 is 17.0. The molecule has 0 radical (unpaired) electrons. The first-order valence-electron chi connectivity index (χ1n) is 4.99. The van der Waals surface area contributed by atoms with Gasteiger partial charge in [0.15, 0.2) is 0 Å². The lowest BCUT2D eigenvalue weighted by Gasteiger charge is -2.07. The lowest BCUT2D eigenvalue weighted by atomic mass is 10.3. The summed E-state index contributed by atoms with van der Waals surface area (Å²) in [4.78, 5) is 11.3. The number of carbonyl (C=O) groups excluding carboxylic acids is 1. The van der Waals surface area contributed by atoms with Crippen molar-refractivity contribution in [2.75, 3.05) is 32.2 Å². The van der Waals surface area contributed by atoms with Crippen molar-refractivity contribution in [3.05, 3.63) is 24.3 Å². The molecule has 1 amide bonds. The molecule has 2 N–H and O–H groups in total. The summed E-state index contributed by atoms with van der Waals surface area (Å²) in [5.74, 6) is 0.407. The van der Waals surface area contributed by atoms with E-state index in [1.54, 1.807) is 31.3 Å². The topological polar surface area (TPSA) is 50.4 Å². The normalized spacial score (nSPS) is 9.29. The molecule has 1 aromatic carbocycles. The first-order chi connectivity index (χ1) is 7.76. The van der Waals surface area contributed by atoms with Crippen molar-refractivity contribution in [2.45, 2.75) is 0 Å². The molecule has 0 aliphatic carbocycles. The van der Waals surface area contributed by atoms with Crippen LogP contribution in [0.5, 0.6) is 5.75 Å². The van der Waals surface area contributed by atoms with Crippen LogP contribution in [0.3, 0.4) is 0 Å². The average Bonchev–Trinajstić information content (AvgIpc) is 2.27. The van der Waals surface area contributed by atoms with Gasteiger partial charge in [-0.2, -0.15) is 0 Å². The number of halogens is 2. The fourth-order valence-electron chi connectivity index (χ4n) is 1.19. The predicted octanol–water partition coefficient (Wildman–Crippen LogP) is 1.61. The molecular weight excluding hydrogens is 247 g/mol. The summed E-state index contributed by atoms with van der Waals surface area (Å²) in [5, 5.41) is 5.43. The number of benzene rings is 1. The third kappa shape index (κ3) is 6.09. The molecule has 17 heavy (non-hydrogen) atoms. The number of hydrogen-bond acceptors (Lipinski definition) is 3. The molecule has 0 atom stereocenters. The molecule has 6 heteroatoms. The van der Waals surface area contributed by atoms with E-state index in [4.69, 9.17) is 4.74 Å². The zero-order chi connectivity index (χ0) is 11.8. The van der Waals surface area contributed by atoms with E-state index < -0.39 is 6.67 Å². The van der Waals surface area contributed by atoms with Gasteiger partial charge >= 0.3 is 0 Å². The van der Waals surface area contributed by atoms with Gasteiger partial charge in [0.1, 0.15) is 19.0 Å². The Bertz CT molecular complexity index is 350. The maximum atomic E-state index is 11.9. The summed E-state index contributed by atoms with van der Waals surface area (Å²) >= 11 is 0. The minimum atomic E-state index is -0.531. The second-order valence-corrected chi connectivity index (χ2v) is 3.14. The maximum Gasteiger partial charge on any atom is 0.238 e. The highest BCUT2D eigenvalue weighted by molar-refractivity contribution is 5.92. The Kier molecular flexibility index (Phi) is 8.09. The molecule has 0 spiro atoms. The number of rotatable bonds is 6. The molecule has 0 heterocycles. The number of carbonyl (C=O) groups is 1. The number of alkyl halides is 1. The molecule has 0 unspecified atom stereocenters. The molecule has 0 saturated heterocycles. The highest BCUT2D eigenvalue weighted by atomic mass is 35.5. The van der Waals surface area contributed by atoms with Crippen LogP contribution >= 0.6 is 12.4 Å². The molecule has 96 valence electrons. The molecular formula is C11H16ClFN2O2. The molecule has 0 fully saturated rings. The van der Waals surface area contributed by atoms with Crippen LogP contribution in [0.2, 0.25) is 0 Å². The first kappa shape index (κ1) is 15.7. The lowest BCUT2D eigenvalue weighted by Crippen LogP contribution is -2.25. The highest BCUT2D eigenvalue weighted by Crippen LogP contribution is 2.17. The Morgan fingerprint density at radius 1 is 1.47 bits per heavy atom. The number of ether oxygens (including phenoxy) is 1. The highest BCUT2D eigenvalue weighted by Gasteiger charge is 2.01. The Morgan fingerprint density at radius 3 is 2.88 bits per heavy atom. The third-order valence-electron chi connectivity index (χ3n) is 1.80. The Hall–Kier alpha value is -1.33. The van der Waals surface area contributed by atoms with Crippen molar-refractivity contribution >= 4 is 24.0 Å². The van der Waals surface area contributed by atoms with E-state index in [-0.39, 0.29) is 31.5 Å². The van der Waals surface area contributed by atoms with Gasteiger partial charge < -0.3 is 15.4 Å². The average molecular weight is 263 g/mol. The summed E-state index contributed by atoms with van der Waals surface area (Å²) in [5.41, 5.74) is 0.636. The van der Waals surface area contributed by atoms with Crippen molar-refractivity contribution in [1.29, 1.82) is 0 Å². The Morgan fingerprint density at radius 2 is 2.24 bits per heavy atom. The number of anilines is 1. The van der Waals surface area contributed by atoms with Crippen molar-refractivity contribution in [2.24, 2.45) is 0 Å². The van der Waals surface area contributed by atoms with Crippen molar-refractivity contribution < 1.29 is 13.9 Å². The summed E-state index contributed by atoms with van der Waals surface area (Å²) in [6.45, 7) is -0.264. The molecule has 0 bridgehead atoms. The fourth-order valence-corrected chi connectivity index (χ4v) is 1.19. The summed E-state index contributed by atoms with van der Waals surface area (Å²) in [6.07, 6.45) is 0. The van der Waals surface area contributed by atoms with Crippen molar-refractivity contribution in [3.8, 4) is 5.75 Å². The molecule has 0 aliphatic heterocycles. The van der Waals surface area contributed by atoms with E-state index in [0.29, 0.717) is 11.4 Å². The molecule has 0 aliphatic rings. The van der Waals surface area contributed by atoms with Gasteiger partial charge in [-0.25, -0.2) is 4.39 Å². The quantitative estimate of drug-likeness (QED) is 0.819. The van der Waals surface area contributed by atoms with E-state index in [0.717, 1.165) is 0 Å². The van der Waals surface area contributed by atoms with Crippen molar-refractivity contribution in [1.82, 2.24) is 5.32 Å². The zero-order valence-corrected chi connectivity index (χ0v) is 10.3. The van der Waals surface area contributed by atoms with Crippen molar-refractivity contribution in [3.63, 3.8) is 0 Å². The monoisotopic (exact) mass is 262 g/mol. The van der Waals surface area contributed by atoms with Gasteiger partial charge in [0.25, 0.3) is 0 Å². The van der Waals surface area contributed by atoms with E-state index in [1.807, 2.05) is 0 Å². The van der Waals surface area contributed by atoms with E-state index in [9.17, 15) is 9.18 Å². The van der Waals surface area contributed by atoms with Crippen LogP contribution in [0.15, 0.2) is 24.3 Å². The van der Waals surface area contributed by atoms with Crippen LogP contribution in [-0.2, 0) is 4.79 Å². The molecule has 1 aromatic rings. The third-order valence-corrected chi connectivity index (χ3v) is 1.80. The van der Waals surface area contributed by atoms with Crippen LogP contribution in [0.1, 0.15) is 0 Å². The number of likely N-dealkylation sites (N-methyl/N-ethyl adjacent to an activating group) is 1. The van der Waals surface area contributed by atoms with E-state index in [2.05, 4.69) is 10.6 Å². The summed E-state index contributed by atoms with van der Waals surface area (Å²) in [6, 6.07) is 6.85. The fraction of sp³-hybridized carbons (Fsp3) is 0.364. The number of hydrogen-bond donors (Lipinski definition) is 2. The molecule has 1 rings (SSSR count). The largest absolute Gasteiger partial charge is 0.491 e. The van der Waals surface area contributed by atoms with Gasteiger partial charge in [0.2, 0.25) is 5.91 Å². The summed E-state index contributed by atoms with van der Waals surface area (Å²) in [7, 11) is 1.69. The van der Waals surface area contributed by atoms with E-state index >= 15 is 0 Å². The first-order valence-corrected chi connectivity index (χ1v) is 4.99. The minimum absolute atomic E-state index is 0. The standard InChI is InChI=1S/C11H15FN2O2.ClH/c1-13-8-11(15)14-9-3-2-4-10(7-9)16-6-5-12;/h2-4,7,13H,5-6,8H2,1H3,(H,14,15);1H. The predicted molar refractivity (Wildman–Crippen MR) is 67.7 cm³/mol. The zero-order valence-electron chi connectivity index (χ0n) is 9.53. The molecule has 0 saturated carbocycles. The second-order valence-electron chi connectivity index (χ2n) is 3.14. The van der Waals surface area contributed by atoms with Gasteiger partial charge in [-0.05, 0) is 19.2 Å². The van der Waals surface area contributed by atoms with Gasteiger partial charge in [-0.1, -0.05) is 6.07 Å². The Balaban J connectivity index is 0.00000256. The van der Waals surface area contributed by atoms with Gasteiger partial charge in [0.05, 0.1) is 6.54 Å². The van der Waals surface area contributed by atoms with Gasteiger partial charge in [-0.3, -0.25) is 4.79 Å².